The van der Waals surface area contributed by atoms with Gasteiger partial charge in [0.05, 0.1) is 58.3 Å². The number of nitrogens with zero attached hydrogens (tertiary/aromatic N) is 8. The van der Waals surface area contributed by atoms with Gasteiger partial charge in [0.2, 0.25) is 0 Å². The molecule has 4 aromatic heterocycles. The Balaban J connectivity index is 1.31. The van der Waals surface area contributed by atoms with Crippen LogP contribution in [0.5, 0.6) is 0 Å². The number of ketones is 1. The molecule has 2 atom stereocenters. The van der Waals surface area contributed by atoms with Gasteiger partial charge in [-0.3, -0.25) is 24.0 Å². The van der Waals surface area contributed by atoms with E-state index >= 15 is 4.79 Å². The molecule has 2 saturated heterocycles. The predicted molar refractivity (Wildman–Crippen MR) is 187 cm³/mol. The first-order chi connectivity index (χ1) is 24.6. The molecule has 0 radical (unpaired) electrons. The Labute approximate surface area is 314 Å². The molecule has 0 saturated carbocycles. The summed E-state index contributed by atoms with van der Waals surface area (Å²) in [6, 6.07) is 0.0717. The van der Waals surface area contributed by atoms with Crippen LogP contribution in [-0.4, -0.2) is 83.4 Å². The number of likely N-dealkylation sites (tertiary alicyclic amines) is 2. The molecule has 0 aromatic carbocycles. The number of carbonyl (C=O) groups excluding carboxylic acids is 1. The van der Waals surface area contributed by atoms with Crippen LogP contribution in [0.1, 0.15) is 81.7 Å². The molecule has 6 rings (SSSR count). The zero-order chi connectivity index (χ0) is 37.4. The van der Waals surface area contributed by atoms with Gasteiger partial charge in [-0.05, 0) is 77.8 Å². The van der Waals surface area contributed by atoms with Crippen LogP contribution in [-0.2, 0) is 42.0 Å². The monoisotopic (exact) mass is 810 g/mol. The lowest BCUT2D eigenvalue weighted by atomic mass is 9.92. The summed E-state index contributed by atoms with van der Waals surface area (Å²) in [4.78, 5) is 28.2. The van der Waals surface area contributed by atoms with Crippen molar-refractivity contribution < 1.29 is 31.1 Å². The zero-order valence-corrected chi connectivity index (χ0v) is 31.6. The Kier molecular flexibility index (Phi) is 12.1. The van der Waals surface area contributed by atoms with Crippen LogP contribution in [0.3, 0.4) is 0 Å². The SMILES string of the molecule is Cc1cc(C(F)(F)F)nn1CC(C(=O)C(Cn1nc(C(F)(F)F)cc1C)N1CCC(c2nc(CCl)cs2)CC1)N1CCC(c2nc(CCl)cs2)CC1. The molecule has 0 spiro atoms. The van der Waals surface area contributed by atoms with Gasteiger partial charge in [-0.15, -0.1) is 45.9 Å². The number of Topliss-reactive ketones (excluding diaryl/α,β-unsaturated/α-hetero) is 1. The standard InChI is InChI=1S/C33H38Cl2F6N8OS2/c1-19-11-27(32(36,37)38)44-48(19)15-25(46-7-3-21(4-8-46)30-42-23(13-34)17-51-30)29(50)26(16-49-20(2)12-28(45-49)33(39,40)41)47-9-5-22(6-10-47)31-43-24(14-35)18-52-31/h11-12,17-18,21-22,25-26H,3-10,13-16H2,1-2H3. The summed E-state index contributed by atoms with van der Waals surface area (Å²) in [6.45, 7) is 4.56. The molecule has 0 bridgehead atoms. The fraction of sp³-hybridized carbons (Fsp3) is 0.606. The molecule has 2 aliphatic heterocycles. The molecule has 4 aromatic rings. The molecule has 19 heteroatoms. The molecule has 2 aliphatic rings. The quantitative estimate of drug-likeness (QED) is 0.106. The molecule has 0 N–H and O–H groups in total. The van der Waals surface area contributed by atoms with Crippen molar-refractivity contribution in [3.05, 3.63) is 67.1 Å². The van der Waals surface area contributed by atoms with E-state index in [0.717, 1.165) is 33.5 Å². The molecule has 9 nitrogen and oxygen atoms in total. The number of aryl methyl sites for hydroxylation is 2. The second-order valence-electron chi connectivity index (χ2n) is 13.4. The minimum absolute atomic E-state index is 0.129. The summed E-state index contributed by atoms with van der Waals surface area (Å²) in [7, 11) is 0. The van der Waals surface area contributed by atoms with Gasteiger partial charge in [0, 0.05) is 34.0 Å². The first-order valence-corrected chi connectivity index (χ1v) is 19.7. The van der Waals surface area contributed by atoms with Gasteiger partial charge in [0.15, 0.2) is 17.2 Å². The Morgan fingerprint density at radius 2 is 1.10 bits per heavy atom. The minimum atomic E-state index is -4.67. The predicted octanol–water partition coefficient (Wildman–Crippen LogP) is 7.89. The van der Waals surface area contributed by atoms with Gasteiger partial charge in [-0.1, -0.05) is 0 Å². The van der Waals surface area contributed by atoms with E-state index in [1.807, 2.05) is 20.6 Å². The van der Waals surface area contributed by atoms with E-state index in [1.165, 1.54) is 45.9 Å². The third-order valence-corrected chi connectivity index (χ3v) is 12.6. The molecule has 52 heavy (non-hydrogen) atoms. The molecular weight excluding hydrogens is 773 g/mol. The number of thiazole rings is 2. The van der Waals surface area contributed by atoms with Crippen molar-refractivity contribution in [2.45, 2.75) is 101 Å². The topological polar surface area (TPSA) is 85.0 Å². The average Bonchev–Trinajstić information content (AvgIpc) is 3.93. The highest BCUT2D eigenvalue weighted by Gasteiger charge is 2.41. The van der Waals surface area contributed by atoms with Crippen molar-refractivity contribution in [1.82, 2.24) is 39.3 Å². The van der Waals surface area contributed by atoms with Crippen LogP contribution in [0.25, 0.3) is 0 Å². The normalized spacial score (nSPS) is 18.7. The second kappa shape index (κ2) is 16.0. The Morgan fingerprint density at radius 3 is 1.38 bits per heavy atom. The zero-order valence-electron chi connectivity index (χ0n) is 28.4. The molecule has 2 unspecified atom stereocenters. The fourth-order valence-electron chi connectivity index (χ4n) is 7.05. The molecular formula is C33H38Cl2F6N8OS2. The lowest BCUT2D eigenvalue weighted by Gasteiger charge is -2.41. The number of alkyl halides is 8. The Morgan fingerprint density at radius 1 is 0.731 bits per heavy atom. The first kappa shape index (κ1) is 39.1. The minimum Gasteiger partial charge on any atom is -0.296 e. The van der Waals surface area contributed by atoms with Gasteiger partial charge in [0.1, 0.15) is 0 Å². The summed E-state index contributed by atoms with van der Waals surface area (Å²) in [5.41, 5.74) is -0.0549. The van der Waals surface area contributed by atoms with Crippen LogP contribution >= 0.6 is 45.9 Å². The van der Waals surface area contributed by atoms with E-state index < -0.39 is 35.8 Å². The molecule has 2 fully saturated rings. The Bertz CT molecular complexity index is 1690. The summed E-state index contributed by atoms with van der Waals surface area (Å²) < 4.78 is 84.6. The van der Waals surface area contributed by atoms with E-state index in [0.29, 0.717) is 63.6 Å². The molecule has 0 aliphatic carbocycles. The van der Waals surface area contributed by atoms with Crippen LogP contribution < -0.4 is 0 Å². The van der Waals surface area contributed by atoms with E-state index in [2.05, 4.69) is 20.2 Å². The lowest BCUT2D eigenvalue weighted by Crippen LogP contribution is -2.57. The van der Waals surface area contributed by atoms with Crippen LogP contribution in [0.15, 0.2) is 22.9 Å². The number of halogens is 8. The number of hydrogen-bond acceptors (Lipinski definition) is 9. The maximum atomic E-state index is 15.0. The molecule has 284 valence electrons. The largest absolute Gasteiger partial charge is 0.435 e. The summed E-state index contributed by atoms with van der Waals surface area (Å²) >= 11 is 15.0. The maximum absolute atomic E-state index is 15.0. The highest BCUT2D eigenvalue weighted by atomic mass is 35.5. The van der Waals surface area contributed by atoms with Gasteiger partial charge >= 0.3 is 12.4 Å². The number of rotatable bonds is 12. The van der Waals surface area contributed by atoms with E-state index in [9.17, 15) is 26.3 Å². The molecule has 6 heterocycles. The summed E-state index contributed by atoms with van der Waals surface area (Å²) in [5.74, 6) is 0.550. The van der Waals surface area contributed by atoms with E-state index in [4.69, 9.17) is 23.2 Å². The first-order valence-electron chi connectivity index (χ1n) is 16.9. The lowest BCUT2D eigenvalue weighted by molar-refractivity contribution is -0.142. The fourth-order valence-corrected chi connectivity index (χ4v) is 9.49. The summed E-state index contributed by atoms with van der Waals surface area (Å²) in [6.07, 6.45) is -6.71. The smallest absolute Gasteiger partial charge is 0.296 e. The van der Waals surface area contributed by atoms with Crippen LogP contribution in [0, 0.1) is 13.8 Å². The van der Waals surface area contributed by atoms with Crippen molar-refractivity contribution in [2.24, 2.45) is 0 Å². The van der Waals surface area contributed by atoms with Crippen molar-refractivity contribution in [3.8, 4) is 0 Å². The van der Waals surface area contributed by atoms with E-state index in [-0.39, 0.29) is 42.1 Å². The van der Waals surface area contributed by atoms with Crippen LogP contribution in [0.2, 0.25) is 0 Å². The molecule has 0 amide bonds. The third kappa shape index (κ3) is 8.86. The van der Waals surface area contributed by atoms with Crippen molar-refractivity contribution >= 4 is 51.7 Å². The number of carbonyl (C=O) groups is 1. The Hall–Kier alpha value is -2.57. The second-order valence-corrected chi connectivity index (χ2v) is 15.7. The highest BCUT2D eigenvalue weighted by Crippen LogP contribution is 2.35. The van der Waals surface area contributed by atoms with Crippen molar-refractivity contribution in [1.29, 1.82) is 0 Å². The van der Waals surface area contributed by atoms with Crippen molar-refractivity contribution in [2.75, 3.05) is 26.2 Å². The summed E-state index contributed by atoms with van der Waals surface area (Å²) in [5, 5.41) is 13.4. The van der Waals surface area contributed by atoms with Crippen molar-refractivity contribution in [3.63, 3.8) is 0 Å². The maximum Gasteiger partial charge on any atom is 0.435 e. The van der Waals surface area contributed by atoms with Gasteiger partial charge < -0.3 is 0 Å². The third-order valence-electron chi connectivity index (χ3n) is 9.94. The average molecular weight is 812 g/mol. The van der Waals surface area contributed by atoms with E-state index in [1.54, 1.807) is 0 Å². The van der Waals surface area contributed by atoms with Gasteiger partial charge in [-0.25, -0.2) is 9.97 Å². The van der Waals surface area contributed by atoms with Crippen LogP contribution in [0.4, 0.5) is 26.3 Å². The number of aromatic nitrogens is 6. The van der Waals surface area contributed by atoms with Gasteiger partial charge in [0.25, 0.3) is 0 Å². The number of hydrogen-bond donors (Lipinski definition) is 0. The van der Waals surface area contributed by atoms with Gasteiger partial charge in [-0.2, -0.15) is 36.5 Å². The highest BCUT2D eigenvalue weighted by molar-refractivity contribution is 7.10. The number of piperidine rings is 2.